The molecular weight excluding hydrogens is 318 g/mol. The predicted molar refractivity (Wildman–Crippen MR) is 113 cm³/mol. The summed E-state index contributed by atoms with van der Waals surface area (Å²) in [5.41, 5.74) is 6.99. The van der Waals surface area contributed by atoms with Crippen LogP contribution in [0.5, 0.6) is 0 Å². The molecule has 2 heteroatoms. The maximum Gasteiger partial charge on any atom is 0.0839 e. The van der Waals surface area contributed by atoms with Crippen molar-refractivity contribution in [3.63, 3.8) is 0 Å². The number of hydrogen-bond acceptors (Lipinski definition) is 2. The number of rotatable bonds is 12. The van der Waals surface area contributed by atoms with E-state index >= 15 is 0 Å². The Kier molecular flexibility index (Phi) is 8.61. The lowest BCUT2D eigenvalue weighted by molar-refractivity contribution is -0.00738. The van der Waals surface area contributed by atoms with E-state index in [2.05, 4.69) is 56.3 Å². The summed E-state index contributed by atoms with van der Waals surface area (Å²) >= 11 is 0. The highest BCUT2D eigenvalue weighted by molar-refractivity contribution is 5.86. The third-order valence-corrected chi connectivity index (χ3v) is 5.66. The van der Waals surface area contributed by atoms with Gasteiger partial charge in [0.05, 0.1) is 11.6 Å². The molecule has 0 bridgehead atoms. The van der Waals surface area contributed by atoms with Crippen molar-refractivity contribution in [3.05, 3.63) is 48.0 Å². The number of aliphatic hydroxyl groups is 1. The van der Waals surface area contributed by atoms with E-state index in [9.17, 15) is 5.11 Å². The summed E-state index contributed by atoms with van der Waals surface area (Å²) in [5.74, 6) is 0. The molecule has 0 aliphatic heterocycles. The Hall–Kier alpha value is -1.38. The van der Waals surface area contributed by atoms with E-state index < -0.39 is 5.60 Å². The van der Waals surface area contributed by atoms with Crippen LogP contribution in [0, 0.1) is 0 Å². The van der Waals surface area contributed by atoms with E-state index in [4.69, 9.17) is 5.73 Å². The average Bonchev–Trinajstić information content (AvgIpc) is 2.67. The zero-order valence-corrected chi connectivity index (χ0v) is 16.7. The second kappa shape index (κ2) is 10.7. The molecule has 2 aromatic carbocycles. The zero-order valence-electron chi connectivity index (χ0n) is 16.7. The molecule has 0 saturated heterocycles. The summed E-state index contributed by atoms with van der Waals surface area (Å²) < 4.78 is 0. The van der Waals surface area contributed by atoms with Crippen LogP contribution in [0.1, 0.15) is 89.7 Å². The van der Waals surface area contributed by atoms with Crippen molar-refractivity contribution in [2.75, 3.05) is 0 Å². The van der Waals surface area contributed by atoms with Gasteiger partial charge in [-0.15, -0.1) is 0 Å². The molecule has 0 heterocycles. The summed E-state index contributed by atoms with van der Waals surface area (Å²) in [6.07, 6.45) is 10.9. The fourth-order valence-corrected chi connectivity index (χ4v) is 3.96. The van der Waals surface area contributed by atoms with Gasteiger partial charge in [0.1, 0.15) is 0 Å². The van der Waals surface area contributed by atoms with Gasteiger partial charge in [0.25, 0.3) is 0 Å². The molecule has 0 amide bonds. The summed E-state index contributed by atoms with van der Waals surface area (Å²) in [6.45, 7) is 4.44. The van der Waals surface area contributed by atoms with E-state index in [0.29, 0.717) is 0 Å². The maximum atomic E-state index is 11.6. The predicted octanol–water partition coefficient (Wildman–Crippen LogP) is 6.51. The molecule has 0 aliphatic rings. The van der Waals surface area contributed by atoms with Gasteiger partial charge in [-0.25, -0.2) is 0 Å². The molecular formula is C24H37NO. The second-order valence-electron chi connectivity index (χ2n) is 7.77. The van der Waals surface area contributed by atoms with Crippen LogP contribution in [0.4, 0.5) is 0 Å². The molecule has 2 nitrogen and oxygen atoms in total. The van der Waals surface area contributed by atoms with Crippen LogP contribution in [0.2, 0.25) is 0 Å². The van der Waals surface area contributed by atoms with Crippen LogP contribution >= 0.6 is 0 Å². The Bertz CT molecular complexity index is 634. The van der Waals surface area contributed by atoms with Gasteiger partial charge in [0.2, 0.25) is 0 Å². The van der Waals surface area contributed by atoms with Gasteiger partial charge in [-0.2, -0.15) is 0 Å². The summed E-state index contributed by atoms with van der Waals surface area (Å²) in [4.78, 5) is 0. The number of fused-ring (bicyclic) bond motifs is 1. The van der Waals surface area contributed by atoms with Crippen LogP contribution < -0.4 is 5.73 Å². The number of nitrogens with two attached hydrogens (primary N) is 1. The van der Waals surface area contributed by atoms with Crippen molar-refractivity contribution >= 4 is 10.8 Å². The topological polar surface area (TPSA) is 46.2 Å². The standard InChI is InChI=1S/C24H37NO/c1-3-5-7-11-18-24(26,19-12-8-6-4-2)23(25)22-17-13-15-20-14-9-10-16-21(20)22/h9-10,13-17,23,26H,3-8,11-12,18-19,25H2,1-2H3. The number of hydrogen-bond donors (Lipinski definition) is 2. The quantitative estimate of drug-likeness (QED) is 0.426. The van der Waals surface area contributed by atoms with Crippen LogP contribution in [0.25, 0.3) is 10.8 Å². The van der Waals surface area contributed by atoms with Crippen LogP contribution in [-0.4, -0.2) is 10.7 Å². The van der Waals surface area contributed by atoms with E-state index in [0.717, 1.165) is 31.2 Å². The smallest absolute Gasteiger partial charge is 0.0839 e. The highest BCUT2D eigenvalue weighted by Gasteiger charge is 2.35. The lowest BCUT2D eigenvalue weighted by Gasteiger charge is -2.35. The van der Waals surface area contributed by atoms with Gasteiger partial charge in [0, 0.05) is 0 Å². The Morgan fingerprint density at radius 2 is 1.38 bits per heavy atom. The van der Waals surface area contributed by atoms with E-state index in [-0.39, 0.29) is 6.04 Å². The zero-order chi connectivity index (χ0) is 18.8. The second-order valence-corrected chi connectivity index (χ2v) is 7.77. The van der Waals surface area contributed by atoms with Crippen molar-refractivity contribution in [2.45, 2.75) is 89.7 Å². The molecule has 0 saturated carbocycles. The number of benzene rings is 2. The summed E-state index contributed by atoms with van der Waals surface area (Å²) in [7, 11) is 0. The van der Waals surface area contributed by atoms with Gasteiger partial charge >= 0.3 is 0 Å². The van der Waals surface area contributed by atoms with Crippen molar-refractivity contribution in [3.8, 4) is 0 Å². The maximum absolute atomic E-state index is 11.6. The average molecular weight is 356 g/mol. The van der Waals surface area contributed by atoms with Gasteiger partial charge in [0.15, 0.2) is 0 Å². The molecule has 1 unspecified atom stereocenters. The van der Waals surface area contributed by atoms with Crippen molar-refractivity contribution in [2.24, 2.45) is 5.73 Å². The first kappa shape index (κ1) is 20.9. The normalized spacial score (nSPS) is 13.2. The minimum absolute atomic E-state index is 0.336. The first-order valence-corrected chi connectivity index (χ1v) is 10.6. The first-order valence-electron chi connectivity index (χ1n) is 10.6. The lowest BCUT2D eigenvalue weighted by atomic mass is 9.79. The molecule has 2 aromatic rings. The van der Waals surface area contributed by atoms with Crippen LogP contribution in [0.3, 0.4) is 0 Å². The molecule has 1 atom stereocenters. The Morgan fingerprint density at radius 3 is 2.00 bits per heavy atom. The molecule has 3 N–H and O–H groups in total. The van der Waals surface area contributed by atoms with Crippen molar-refractivity contribution < 1.29 is 5.11 Å². The fourth-order valence-electron chi connectivity index (χ4n) is 3.96. The van der Waals surface area contributed by atoms with Gasteiger partial charge in [-0.05, 0) is 29.2 Å². The van der Waals surface area contributed by atoms with Gasteiger partial charge in [-0.3, -0.25) is 0 Å². The SMILES string of the molecule is CCCCCCC(O)(CCCCCC)C(N)c1cccc2ccccc12. The van der Waals surface area contributed by atoms with E-state index in [1.807, 2.05) is 0 Å². The molecule has 144 valence electrons. The largest absolute Gasteiger partial charge is 0.388 e. The fraction of sp³-hybridized carbons (Fsp3) is 0.583. The molecule has 0 fully saturated rings. The van der Waals surface area contributed by atoms with Crippen LogP contribution in [0.15, 0.2) is 42.5 Å². The van der Waals surface area contributed by atoms with E-state index in [1.54, 1.807) is 0 Å². The third-order valence-electron chi connectivity index (χ3n) is 5.66. The Labute approximate surface area is 159 Å². The molecule has 2 rings (SSSR count). The van der Waals surface area contributed by atoms with Gasteiger partial charge in [-0.1, -0.05) is 108 Å². The highest BCUT2D eigenvalue weighted by atomic mass is 16.3. The molecule has 0 spiro atoms. The number of unbranched alkanes of at least 4 members (excludes halogenated alkanes) is 6. The highest BCUT2D eigenvalue weighted by Crippen LogP contribution is 2.36. The molecule has 0 aromatic heterocycles. The molecule has 0 aliphatic carbocycles. The van der Waals surface area contributed by atoms with E-state index in [1.165, 1.54) is 49.3 Å². The Morgan fingerprint density at radius 1 is 0.808 bits per heavy atom. The summed E-state index contributed by atoms with van der Waals surface area (Å²) in [6, 6.07) is 14.3. The monoisotopic (exact) mass is 355 g/mol. The van der Waals surface area contributed by atoms with Crippen molar-refractivity contribution in [1.82, 2.24) is 0 Å². The van der Waals surface area contributed by atoms with Crippen LogP contribution in [-0.2, 0) is 0 Å². The molecule has 26 heavy (non-hydrogen) atoms. The van der Waals surface area contributed by atoms with Crippen molar-refractivity contribution in [1.29, 1.82) is 0 Å². The Balaban J connectivity index is 2.20. The minimum Gasteiger partial charge on any atom is -0.388 e. The lowest BCUT2D eigenvalue weighted by Crippen LogP contribution is -2.41. The van der Waals surface area contributed by atoms with Gasteiger partial charge < -0.3 is 10.8 Å². The molecule has 0 radical (unpaired) electrons. The third kappa shape index (κ3) is 5.56. The minimum atomic E-state index is -0.814. The summed E-state index contributed by atoms with van der Waals surface area (Å²) in [5, 5.41) is 13.9. The first-order chi connectivity index (χ1) is 12.6.